The molecular formula is C27H22N2O3. The van der Waals surface area contributed by atoms with E-state index in [2.05, 4.69) is 4.98 Å². The number of hydrogen-bond acceptors (Lipinski definition) is 4. The Bertz CT molecular complexity index is 1310. The smallest absolute Gasteiger partial charge is 0.266 e. The van der Waals surface area contributed by atoms with Gasteiger partial charge in [0.1, 0.15) is 36.3 Å². The Labute approximate surface area is 186 Å². The first-order valence-corrected chi connectivity index (χ1v) is 10.3. The number of nitrogens with zero attached hydrogens (tertiary/aromatic N) is 1. The third kappa shape index (κ3) is 4.88. The maximum Gasteiger partial charge on any atom is 0.266 e. The fourth-order valence-corrected chi connectivity index (χ4v) is 3.42. The van der Waals surface area contributed by atoms with E-state index in [1.165, 1.54) is 0 Å². The lowest BCUT2D eigenvalue weighted by Crippen LogP contribution is -2.13. The number of nitriles is 1. The molecule has 0 bridgehead atoms. The molecule has 4 rings (SSSR count). The van der Waals surface area contributed by atoms with Gasteiger partial charge in [0.25, 0.3) is 5.56 Å². The average Bonchev–Trinajstić information content (AvgIpc) is 2.82. The van der Waals surface area contributed by atoms with E-state index in [1.807, 2.05) is 78.9 Å². The second-order valence-electron chi connectivity index (χ2n) is 7.39. The largest absolute Gasteiger partial charge is 0.489 e. The second-order valence-corrected chi connectivity index (χ2v) is 7.39. The highest BCUT2D eigenvalue weighted by Crippen LogP contribution is 2.35. The van der Waals surface area contributed by atoms with E-state index in [1.54, 1.807) is 19.1 Å². The van der Waals surface area contributed by atoms with Gasteiger partial charge in [-0.25, -0.2) is 0 Å². The predicted octanol–water partition coefficient (Wildman–Crippen LogP) is 5.38. The molecule has 0 aliphatic heterocycles. The lowest BCUT2D eigenvalue weighted by molar-refractivity contribution is 0.291. The highest BCUT2D eigenvalue weighted by Gasteiger charge is 2.16. The molecule has 0 spiro atoms. The first-order valence-electron chi connectivity index (χ1n) is 10.3. The summed E-state index contributed by atoms with van der Waals surface area (Å²) in [4.78, 5) is 15.0. The van der Waals surface area contributed by atoms with E-state index in [0.29, 0.717) is 41.5 Å². The minimum absolute atomic E-state index is 0.0538. The highest BCUT2D eigenvalue weighted by atomic mass is 16.5. The van der Waals surface area contributed by atoms with E-state index in [4.69, 9.17) is 9.47 Å². The summed E-state index contributed by atoms with van der Waals surface area (Å²) in [6, 6.07) is 29.0. The lowest BCUT2D eigenvalue weighted by Gasteiger charge is -2.15. The van der Waals surface area contributed by atoms with Gasteiger partial charge in [0.2, 0.25) is 0 Å². The molecule has 0 aliphatic carbocycles. The van der Waals surface area contributed by atoms with Crippen LogP contribution < -0.4 is 15.0 Å². The topological polar surface area (TPSA) is 75.1 Å². The third-order valence-electron chi connectivity index (χ3n) is 5.01. The number of aromatic amines is 1. The van der Waals surface area contributed by atoms with Gasteiger partial charge in [0.15, 0.2) is 0 Å². The molecule has 5 heteroatoms. The van der Waals surface area contributed by atoms with Crippen LogP contribution in [0.3, 0.4) is 0 Å². The Hall–Kier alpha value is -4.30. The SMILES string of the molecule is Cc1cc(-c2ccc(OCc3ccccc3)cc2OCc2ccccc2)c(C#N)c(=O)[nH]1. The normalized spacial score (nSPS) is 10.4. The van der Waals surface area contributed by atoms with Gasteiger partial charge < -0.3 is 14.5 Å². The number of aryl methyl sites for hydroxylation is 1. The lowest BCUT2D eigenvalue weighted by atomic mass is 10.00. The van der Waals surface area contributed by atoms with Gasteiger partial charge in [0.05, 0.1) is 0 Å². The van der Waals surface area contributed by atoms with Gasteiger partial charge >= 0.3 is 0 Å². The Morgan fingerprint density at radius 2 is 1.44 bits per heavy atom. The molecule has 158 valence electrons. The molecule has 1 aromatic heterocycles. The summed E-state index contributed by atoms with van der Waals surface area (Å²) < 4.78 is 12.1. The number of aromatic nitrogens is 1. The zero-order valence-electron chi connectivity index (χ0n) is 17.7. The molecule has 0 fully saturated rings. The van der Waals surface area contributed by atoms with Gasteiger partial charge in [-0.05, 0) is 36.2 Å². The monoisotopic (exact) mass is 422 g/mol. The van der Waals surface area contributed by atoms with Crippen molar-refractivity contribution in [2.45, 2.75) is 20.1 Å². The van der Waals surface area contributed by atoms with Crippen molar-refractivity contribution in [3.05, 3.63) is 118 Å². The van der Waals surface area contributed by atoms with E-state index < -0.39 is 5.56 Å². The summed E-state index contributed by atoms with van der Waals surface area (Å²) in [5.74, 6) is 1.18. The molecule has 32 heavy (non-hydrogen) atoms. The number of rotatable bonds is 7. The quantitative estimate of drug-likeness (QED) is 0.434. The van der Waals surface area contributed by atoms with Crippen LogP contribution in [0, 0.1) is 18.3 Å². The molecule has 0 saturated carbocycles. The molecule has 0 atom stereocenters. The fourth-order valence-electron chi connectivity index (χ4n) is 3.42. The van der Waals surface area contributed by atoms with Crippen molar-refractivity contribution in [2.24, 2.45) is 0 Å². The zero-order chi connectivity index (χ0) is 22.3. The van der Waals surface area contributed by atoms with E-state index in [0.717, 1.165) is 11.1 Å². The molecule has 1 N–H and O–H groups in total. The first kappa shape index (κ1) is 21.0. The van der Waals surface area contributed by atoms with Gasteiger partial charge in [-0.3, -0.25) is 4.79 Å². The molecule has 4 aromatic rings. The molecule has 0 unspecified atom stereocenters. The fraction of sp³-hybridized carbons (Fsp3) is 0.111. The van der Waals surface area contributed by atoms with Crippen LogP contribution in [0.1, 0.15) is 22.4 Å². The van der Waals surface area contributed by atoms with Crippen molar-refractivity contribution in [1.82, 2.24) is 4.98 Å². The van der Waals surface area contributed by atoms with Crippen LogP contribution in [-0.2, 0) is 13.2 Å². The Balaban J connectivity index is 1.70. The van der Waals surface area contributed by atoms with Crippen molar-refractivity contribution in [3.8, 4) is 28.7 Å². The summed E-state index contributed by atoms with van der Waals surface area (Å²) in [6.45, 7) is 2.56. The molecule has 0 amide bonds. The van der Waals surface area contributed by atoms with Crippen molar-refractivity contribution >= 4 is 0 Å². The van der Waals surface area contributed by atoms with Gasteiger partial charge in [0, 0.05) is 22.9 Å². The highest BCUT2D eigenvalue weighted by molar-refractivity contribution is 5.76. The molecule has 1 heterocycles. The number of ether oxygens (including phenoxy) is 2. The van der Waals surface area contributed by atoms with Crippen LogP contribution in [0.4, 0.5) is 0 Å². The summed E-state index contributed by atoms with van der Waals surface area (Å²) >= 11 is 0. The Kier molecular flexibility index (Phi) is 6.33. The molecule has 3 aromatic carbocycles. The molecule has 0 aliphatic rings. The standard InChI is InChI=1S/C27H22N2O3/c1-19-14-24(25(16-28)27(30)29-19)23-13-12-22(31-17-20-8-4-2-5-9-20)15-26(23)32-18-21-10-6-3-7-11-21/h2-15H,17-18H2,1H3,(H,29,30). The number of benzene rings is 3. The molecular weight excluding hydrogens is 400 g/mol. The van der Waals surface area contributed by atoms with Crippen LogP contribution in [-0.4, -0.2) is 4.98 Å². The van der Waals surface area contributed by atoms with Crippen molar-refractivity contribution in [2.75, 3.05) is 0 Å². The summed E-state index contributed by atoms with van der Waals surface area (Å²) in [5.41, 5.74) is 3.57. The van der Waals surface area contributed by atoms with Gasteiger partial charge in [-0.1, -0.05) is 60.7 Å². The maximum absolute atomic E-state index is 12.3. The zero-order valence-corrected chi connectivity index (χ0v) is 17.7. The van der Waals surface area contributed by atoms with Crippen LogP contribution in [0.2, 0.25) is 0 Å². The summed E-state index contributed by atoms with van der Waals surface area (Å²) in [6.07, 6.45) is 0. The number of hydrogen-bond donors (Lipinski definition) is 1. The van der Waals surface area contributed by atoms with E-state index in [9.17, 15) is 10.1 Å². The van der Waals surface area contributed by atoms with Gasteiger partial charge in [-0.15, -0.1) is 0 Å². The summed E-state index contributed by atoms with van der Waals surface area (Å²) in [5, 5.41) is 9.58. The number of nitrogens with one attached hydrogen (secondary N) is 1. The van der Waals surface area contributed by atoms with Crippen molar-refractivity contribution in [1.29, 1.82) is 5.26 Å². The van der Waals surface area contributed by atoms with Crippen LogP contribution in [0.25, 0.3) is 11.1 Å². The van der Waals surface area contributed by atoms with Crippen LogP contribution in [0.5, 0.6) is 11.5 Å². The molecule has 0 saturated heterocycles. The van der Waals surface area contributed by atoms with Gasteiger partial charge in [-0.2, -0.15) is 5.26 Å². The molecule has 5 nitrogen and oxygen atoms in total. The molecule has 0 radical (unpaired) electrons. The van der Waals surface area contributed by atoms with Crippen LogP contribution in [0.15, 0.2) is 89.7 Å². The Morgan fingerprint density at radius 3 is 2.06 bits per heavy atom. The average molecular weight is 422 g/mol. The Morgan fingerprint density at radius 1 is 0.812 bits per heavy atom. The minimum Gasteiger partial charge on any atom is -0.489 e. The number of pyridine rings is 1. The first-order chi connectivity index (χ1) is 15.6. The predicted molar refractivity (Wildman–Crippen MR) is 123 cm³/mol. The maximum atomic E-state index is 12.3. The van der Waals surface area contributed by atoms with Crippen LogP contribution >= 0.6 is 0 Å². The summed E-state index contributed by atoms with van der Waals surface area (Å²) in [7, 11) is 0. The third-order valence-corrected chi connectivity index (χ3v) is 5.01. The number of H-pyrrole nitrogens is 1. The van der Waals surface area contributed by atoms with E-state index >= 15 is 0 Å². The van der Waals surface area contributed by atoms with Crippen molar-refractivity contribution < 1.29 is 9.47 Å². The minimum atomic E-state index is -0.416. The van der Waals surface area contributed by atoms with Crippen molar-refractivity contribution in [3.63, 3.8) is 0 Å². The second kappa shape index (κ2) is 9.67. The van der Waals surface area contributed by atoms with E-state index in [-0.39, 0.29) is 5.56 Å².